The van der Waals surface area contributed by atoms with Crippen LogP contribution in [0.25, 0.3) is 32.5 Å². The van der Waals surface area contributed by atoms with Crippen molar-refractivity contribution in [1.82, 2.24) is 29.7 Å². The van der Waals surface area contributed by atoms with Gasteiger partial charge in [-0.2, -0.15) is 0 Å². The normalized spacial score (nSPS) is 21.8. The molecule has 2 atom stereocenters. The lowest BCUT2D eigenvalue weighted by Crippen LogP contribution is -2.39. The van der Waals surface area contributed by atoms with Crippen molar-refractivity contribution < 1.29 is 13.9 Å². The zero-order valence-corrected chi connectivity index (χ0v) is 23.0. The Kier molecular flexibility index (Phi) is 6.17. The standard InChI is InChI=1S/C28H32FN7O2S/c1-33(2)28(37)36-14-17-12-34(13-18(17)15-36)16-19-11-23-25(39-19)27(35-7-9-38-10-8-35)32-26(31-23)24-20-5-6-30-22(20)4-3-21(24)29/h3-6,11,17-18,30H,7-10,12-16H2,1-2H3. The molecule has 0 bridgehead atoms. The molecule has 2 unspecified atom stereocenters. The van der Waals surface area contributed by atoms with Crippen LogP contribution in [-0.2, 0) is 11.3 Å². The molecule has 7 rings (SSSR count). The highest BCUT2D eigenvalue weighted by Crippen LogP contribution is 2.38. The molecule has 39 heavy (non-hydrogen) atoms. The number of benzene rings is 1. The third kappa shape index (κ3) is 4.42. The first kappa shape index (κ1) is 24.7. The monoisotopic (exact) mass is 549 g/mol. The second-order valence-corrected chi connectivity index (χ2v) is 12.2. The number of morpholine rings is 1. The summed E-state index contributed by atoms with van der Waals surface area (Å²) in [5, 5.41) is 0.781. The SMILES string of the molecule is CN(C)C(=O)N1CC2CN(Cc3cc4nc(-c5c(F)ccc6[nH]ccc56)nc(N5CCOCC5)c4s3)CC2C1. The Morgan fingerprint density at radius 3 is 2.64 bits per heavy atom. The van der Waals surface area contributed by atoms with Crippen molar-refractivity contribution in [1.29, 1.82) is 0 Å². The lowest BCUT2D eigenvalue weighted by molar-refractivity contribution is 0.122. The van der Waals surface area contributed by atoms with Gasteiger partial charge in [-0.25, -0.2) is 19.2 Å². The predicted octanol–water partition coefficient (Wildman–Crippen LogP) is 3.86. The van der Waals surface area contributed by atoms with E-state index in [1.54, 1.807) is 22.3 Å². The number of likely N-dealkylation sites (tertiary alicyclic amines) is 2. The van der Waals surface area contributed by atoms with Crippen LogP contribution in [0.1, 0.15) is 4.88 Å². The average Bonchev–Trinajstić information content (AvgIpc) is 3.71. The first-order valence-electron chi connectivity index (χ1n) is 13.5. The van der Waals surface area contributed by atoms with Crippen molar-refractivity contribution in [3.8, 4) is 11.4 Å². The van der Waals surface area contributed by atoms with E-state index in [0.717, 1.165) is 72.8 Å². The minimum atomic E-state index is -0.324. The van der Waals surface area contributed by atoms with E-state index in [9.17, 15) is 4.79 Å². The number of aromatic nitrogens is 3. The van der Waals surface area contributed by atoms with Crippen LogP contribution in [0.2, 0.25) is 0 Å². The third-order valence-electron chi connectivity index (χ3n) is 8.22. The molecular formula is C28H32FN7O2S. The van der Waals surface area contributed by atoms with E-state index < -0.39 is 0 Å². The van der Waals surface area contributed by atoms with Crippen LogP contribution in [-0.4, -0.2) is 102 Å². The minimum Gasteiger partial charge on any atom is -0.378 e. The number of aromatic amines is 1. The molecule has 4 aromatic rings. The molecule has 204 valence electrons. The average molecular weight is 550 g/mol. The summed E-state index contributed by atoms with van der Waals surface area (Å²) in [4.78, 5) is 35.1. The summed E-state index contributed by atoms with van der Waals surface area (Å²) in [6, 6.07) is 7.37. The fourth-order valence-corrected chi connectivity index (χ4v) is 7.51. The maximum atomic E-state index is 15.2. The number of nitrogens with zero attached hydrogens (tertiary/aromatic N) is 6. The van der Waals surface area contributed by atoms with E-state index in [-0.39, 0.29) is 11.8 Å². The van der Waals surface area contributed by atoms with E-state index >= 15 is 4.39 Å². The predicted molar refractivity (Wildman–Crippen MR) is 151 cm³/mol. The molecule has 0 spiro atoms. The molecule has 0 saturated carbocycles. The highest BCUT2D eigenvalue weighted by atomic mass is 32.1. The number of hydrogen-bond acceptors (Lipinski definition) is 7. The Morgan fingerprint density at radius 2 is 1.90 bits per heavy atom. The molecule has 3 aromatic heterocycles. The van der Waals surface area contributed by atoms with Gasteiger partial charge in [0.05, 0.1) is 29.0 Å². The van der Waals surface area contributed by atoms with Gasteiger partial charge in [0.2, 0.25) is 0 Å². The summed E-state index contributed by atoms with van der Waals surface area (Å²) in [5.41, 5.74) is 2.15. The first-order chi connectivity index (χ1) is 18.9. The quantitative estimate of drug-likeness (QED) is 0.417. The second-order valence-electron chi connectivity index (χ2n) is 11.1. The topological polar surface area (TPSA) is 80.8 Å². The number of thiophene rings is 1. The largest absolute Gasteiger partial charge is 0.378 e. The Bertz CT molecular complexity index is 1530. The van der Waals surface area contributed by atoms with E-state index in [4.69, 9.17) is 14.7 Å². The molecule has 2 amide bonds. The van der Waals surface area contributed by atoms with Crippen molar-refractivity contribution in [2.45, 2.75) is 6.54 Å². The Balaban J connectivity index is 1.20. The van der Waals surface area contributed by atoms with E-state index in [2.05, 4.69) is 20.9 Å². The Hall–Kier alpha value is -3.28. The number of hydrogen-bond donors (Lipinski definition) is 1. The number of H-pyrrole nitrogens is 1. The van der Waals surface area contributed by atoms with E-state index in [1.165, 1.54) is 10.9 Å². The summed E-state index contributed by atoms with van der Waals surface area (Å²) in [5.74, 6) is 1.98. The molecular weight excluding hydrogens is 517 g/mol. The van der Waals surface area contributed by atoms with Crippen LogP contribution in [0.4, 0.5) is 15.0 Å². The Morgan fingerprint density at radius 1 is 1.13 bits per heavy atom. The van der Waals surface area contributed by atoms with Crippen molar-refractivity contribution in [3.63, 3.8) is 0 Å². The van der Waals surface area contributed by atoms with Gasteiger partial charge in [0, 0.05) is 81.9 Å². The number of ether oxygens (including phenoxy) is 1. The lowest BCUT2D eigenvalue weighted by atomic mass is 10.0. The fourth-order valence-electron chi connectivity index (χ4n) is 6.36. The van der Waals surface area contributed by atoms with E-state index in [1.807, 2.05) is 31.3 Å². The number of amides is 2. The summed E-state index contributed by atoms with van der Waals surface area (Å²) < 4.78 is 21.8. The van der Waals surface area contributed by atoms with Gasteiger partial charge in [-0.15, -0.1) is 11.3 Å². The molecule has 0 aliphatic carbocycles. The summed E-state index contributed by atoms with van der Waals surface area (Å²) in [7, 11) is 3.63. The van der Waals surface area contributed by atoms with Gasteiger partial charge in [-0.1, -0.05) is 0 Å². The maximum absolute atomic E-state index is 15.2. The van der Waals surface area contributed by atoms with Crippen LogP contribution < -0.4 is 4.90 Å². The van der Waals surface area contributed by atoms with Gasteiger partial charge in [0.15, 0.2) is 11.6 Å². The molecule has 11 heteroatoms. The summed E-state index contributed by atoms with van der Waals surface area (Å²) in [6.45, 7) is 7.26. The third-order valence-corrected chi connectivity index (χ3v) is 9.32. The molecule has 3 aliphatic heterocycles. The molecule has 6 heterocycles. The molecule has 0 radical (unpaired) electrons. The second kappa shape index (κ2) is 9.72. The van der Waals surface area contributed by atoms with Gasteiger partial charge >= 0.3 is 6.03 Å². The van der Waals surface area contributed by atoms with Crippen molar-refractivity contribution in [3.05, 3.63) is 41.2 Å². The number of carbonyl (C=O) groups is 1. The van der Waals surface area contributed by atoms with Gasteiger partial charge in [-0.05, 0) is 36.1 Å². The van der Waals surface area contributed by atoms with Crippen LogP contribution in [0.15, 0.2) is 30.5 Å². The summed E-state index contributed by atoms with van der Waals surface area (Å²) >= 11 is 1.73. The van der Waals surface area contributed by atoms with Gasteiger partial charge in [0.25, 0.3) is 0 Å². The molecule has 1 N–H and O–H groups in total. The van der Waals surface area contributed by atoms with Crippen molar-refractivity contribution in [2.24, 2.45) is 11.8 Å². The number of anilines is 1. The molecule has 3 fully saturated rings. The van der Waals surface area contributed by atoms with Crippen LogP contribution in [0.3, 0.4) is 0 Å². The number of nitrogens with one attached hydrogen (secondary N) is 1. The van der Waals surface area contributed by atoms with Crippen LogP contribution in [0.5, 0.6) is 0 Å². The zero-order valence-electron chi connectivity index (χ0n) is 22.2. The van der Waals surface area contributed by atoms with Gasteiger partial charge in [-0.3, -0.25) is 4.90 Å². The van der Waals surface area contributed by atoms with Gasteiger partial charge < -0.3 is 24.4 Å². The van der Waals surface area contributed by atoms with Crippen LogP contribution in [0, 0.1) is 17.7 Å². The van der Waals surface area contributed by atoms with Crippen LogP contribution >= 0.6 is 11.3 Å². The lowest BCUT2D eigenvalue weighted by Gasteiger charge is -2.28. The zero-order chi connectivity index (χ0) is 26.7. The molecule has 1 aromatic carbocycles. The van der Waals surface area contributed by atoms with Crippen molar-refractivity contribution >= 4 is 44.3 Å². The highest BCUT2D eigenvalue weighted by Gasteiger charge is 2.42. The number of carbonyl (C=O) groups excluding carboxylic acids is 1. The number of halogens is 1. The minimum absolute atomic E-state index is 0.109. The molecule has 3 saturated heterocycles. The molecule has 9 nitrogen and oxygen atoms in total. The molecule has 3 aliphatic rings. The van der Waals surface area contributed by atoms with Gasteiger partial charge in [0.1, 0.15) is 5.82 Å². The maximum Gasteiger partial charge on any atom is 0.319 e. The number of fused-ring (bicyclic) bond motifs is 3. The first-order valence-corrected chi connectivity index (χ1v) is 14.3. The number of rotatable bonds is 4. The Labute approximate surface area is 230 Å². The van der Waals surface area contributed by atoms with E-state index in [0.29, 0.717) is 36.4 Å². The smallest absolute Gasteiger partial charge is 0.319 e. The summed E-state index contributed by atoms with van der Waals surface area (Å²) in [6.07, 6.45) is 1.82. The van der Waals surface area contributed by atoms with Crippen molar-refractivity contribution in [2.75, 3.05) is 71.5 Å². The fraction of sp³-hybridized carbons (Fsp3) is 0.464. The highest BCUT2D eigenvalue weighted by molar-refractivity contribution is 7.19. The number of urea groups is 1.